The molecule has 0 saturated carbocycles. The number of halogens is 8. The van der Waals surface area contributed by atoms with Gasteiger partial charge in [-0.15, -0.1) is 0 Å². The number of hydrogen-bond donors (Lipinski definition) is 2. The van der Waals surface area contributed by atoms with E-state index in [0.29, 0.717) is 5.56 Å². The van der Waals surface area contributed by atoms with E-state index >= 15 is 0 Å². The summed E-state index contributed by atoms with van der Waals surface area (Å²) < 4.78 is 111. The molecule has 0 spiro atoms. The Bertz CT molecular complexity index is 1400. The molecule has 0 radical (unpaired) electrons. The van der Waals surface area contributed by atoms with Gasteiger partial charge in [-0.3, -0.25) is 0 Å². The molecule has 4 rings (SSSR count). The molecule has 0 bridgehead atoms. The predicted octanol–water partition coefficient (Wildman–Crippen LogP) is 5.67. The molecular weight excluding hydrogens is 502 g/mol. The fourth-order valence-electron chi connectivity index (χ4n) is 3.60. The van der Waals surface area contributed by atoms with Crippen LogP contribution in [0.3, 0.4) is 0 Å². The van der Waals surface area contributed by atoms with Crippen molar-refractivity contribution in [3.8, 4) is 17.2 Å². The van der Waals surface area contributed by atoms with Crippen LogP contribution in [0.1, 0.15) is 11.1 Å². The number of aromatic hydroxyl groups is 1. The Morgan fingerprint density at radius 3 is 2.14 bits per heavy atom. The van der Waals surface area contributed by atoms with Crippen LogP contribution >= 0.6 is 0 Å². The zero-order chi connectivity index (χ0) is 25.5. The molecule has 35 heavy (non-hydrogen) atoms. The molecule has 0 atom stereocenters. The van der Waals surface area contributed by atoms with E-state index in [1.54, 1.807) is 0 Å². The summed E-state index contributed by atoms with van der Waals surface area (Å²) in [5.74, 6) is -2.11. The van der Waals surface area contributed by atoms with E-state index in [0.717, 1.165) is 24.3 Å². The fraction of sp³-hybridized carbons (Fsp3) is 0.174. The summed E-state index contributed by atoms with van der Waals surface area (Å²) in [4.78, 5) is -0.188. The van der Waals surface area contributed by atoms with E-state index in [4.69, 9.17) is 4.74 Å². The lowest BCUT2D eigenvalue weighted by Gasteiger charge is -2.23. The lowest BCUT2D eigenvalue weighted by atomic mass is 9.92. The normalized spacial score (nSPS) is 13.8. The predicted molar refractivity (Wildman–Crippen MR) is 114 cm³/mol. The molecule has 0 unspecified atom stereocenters. The Morgan fingerprint density at radius 1 is 0.829 bits per heavy atom. The third kappa shape index (κ3) is 5.64. The highest BCUT2D eigenvalue weighted by Crippen LogP contribution is 2.39. The summed E-state index contributed by atoms with van der Waals surface area (Å²) in [7, 11) is -1.52. The number of hydrogen-bond acceptors (Lipinski definition) is 3. The highest BCUT2D eigenvalue weighted by molar-refractivity contribution is 6.27. The Kier molecular flexibility index (Phi) is 6.34. The number of nitrogens with one attached hydrogen (secondary N) is 1. The molecule has 0 aliphatic carbocycles. The van der Waals surface area contributed by atoms with Crippen molar-refractivity contribution in [2.75, 3.05) is 11.9 Å². The van der Waals surface area contributed by atoms with Gasteiger partial charge in [0.2, 0.25) is 0 Å². The summed E-state index contributed by atoms with van der Waals surface area (Å²) in [5, 5.41) is 11.7. The zero-order valence-corrected chi connectivity index (χ0v) is 18.6. The van der Waals surface area contributed by atoms with E-state index in [2.05, 4.69) is 0 Å². The van der Waals surface area contributed by atoms with Gasteiger partial charge in [-0.05, 0) is 40.7 Å². The monoisotopic (exact) mass is 517 g/mol. The van der Waals surface area contributed by atoms with Crippen LogP contribution in [0.2, 0.25) is 6.04 Å². The van der Waals surface area contributed by atoms with Crippen molar-refractivity contribution >= 4 is 20.4 Å². The summed E-state index contributed by atoms with van der Waals surface area (Å²) in [6.45, 7) is -1.51. The van der Waals surface area contributed by atoms with E-state index in [9.17, 15) is 40.2 Å². The second-order valence-corrected chi connectivity index (χ2v) is 9.15. The van der Waals surface area contributed by atoms with Crippen LogP contribution in [-0.2, 0) is 0 Å². The van der Waals surface area contributed by atoms with Gasteiger partial charge < -0.3 is 15.2 Å². The van der Waals surface area contributed by atoms with E-state index in [-0.39, 0.29) is 38.4 Å². The SMILES string of the molecule is Oc1ccc(C2=c3cc(F)/c(=[SiH]\CC(F)(F)F)cc3Oc3cc(NCC(F)(F)F)c(F)cc32)cc1. The van der Waals surface area contributed by atoms with Crippen molar-refractivity contribution in [3.63, 3.8) is 0 Å². The number of phenolic OH excluding ortho intramolecular Hbond substituents is 1. The summed E-state index contributed by atoms with van der Waals surface area (Å²) in [5.41, 5.74) is 0.213. The van der Waals surface area contributed by atoms with Crippen LogP contribution in [0.15, 0.2) is 48.5 Å². The highest BCUT2D eigenvalue weighted by Gasteiger charge is 2.29. The molecular formula is C23H15F8NO2Si. The number of alkyl halides is 6. The number of benzene rings is 3. The molecule has 3 aromatic rings. The standard InChI is InChI=1S/C23H15F8NO2Si/c24-15-5-13-18(7-17(15)32-9-22(26,27)28)34-19-8-20(35-10-23(29,30)31)16(25)6-14(19)21(13)11-1-3-12(33)4-2-11/h1-8,32-33,35H,9-10H2/b35-20-. The minimum absolute atomic E-state index is 0.0278. The maximum Gasteiger partial charge on any atom is 0.405 e. The molecule has 2 N–H and O–H groups in total. The maximum atomic E-state index is 14.8. The molecule has 184 valence electrons. The lowest BCUT2D eigenvalue weighted by Crippen LogP contribution is -2.22. The highest BCUT2D eigenvalue weighted by atomic mass is 28.2. The van der Waals surface area contributed by atoms with Gasteiger partial charge in [-0.1, -0.05) is 12.1 Å². The Morgan fingerprint density at radius 2 is 1.51 bits per heavy atom. The first kappa shape index (κ1) is 24.7. The molecule has 12 heteroatoms. The van der Waals surface area contributed by atoms with Crippen LogP contribution in [0, 0.1) is 16.4 Å². The van der Waals surface area contributed by atoms with Crippen molar-refractivity contribution in [2.45, 2.75) is 18.4 Å². The van der Waals surface area contributed by atoms with E-state index in [1.807, 2.05) is 5.32 Å². The zero-order valence-electron chi connectivity index (χ0n) is 17.5. The number of phenols is 1. The molecule has 1 aliphatic heterocycles. The van der Waals surface area contributed by atoms with Crippen LogP contribution in [-0.4, -0.2) is 33.1 Å². The average Bonchev–Trinajstić information content (AvgIpc) is 2.75. The summed E-state index contributed by atoms with van der Waals surface area (Å²) in [6.07, 6.45) is -9.10. The van der Waals surface area contributed by atoms with Gasteiger partial charge in [0.05, 0.1) is 5.69 Å². The molecule has 0 saturated heterocycles. The smallest absolute Gasteiger partial charge is 0.405 e. The van der Waals surface area contributed by atoms with Crippen LogP contribution < -0.4 is 15.3 Å². The topological polar surface area (TPSA) is 41.5 Å². The van der Waals surface area contributed by atoms with Gasteiger partial charge in [0.1, 0.15) is 35.4 Å². The summed E-state index contributed by atoms with van der Waals surface area (Å²) in [6, 6.07) is 8.43. The van der Waals surface area contributed by atoms with Gasteiger partial charge >= 0.3 is 12.4 Å². The van der Waals surface area contributed by atoms with Crippen molar-refractivity contribution in [1.29, 1.82) is 0 Å². The first-order valence-electron chi connectivity index (χ1n) is 10.0. The summed E-state index contributed by atoms with van der Waals surface area (Å²) >= 11 is 0. The van der Waals surface area contributed by atoms with E-state index in [1.165, 1.54) is 24.3 Å². The van der Waals surface area contributed by atoms with Crippen molar-refractivity contribution in [3.05, 3.63) is 81.3 Å². The molecule has 3 aromatic carbocycles. The van der Waals surface area contributed by atoms with Crippen molar-refractivity contribution in [2.24, 2.45) is 0 Å². The number of ether oxygens (including phenoxy) is 1. The average molecular weight is 517 g/mol. The molecule has 1 heterocycles. The van der Waals surface area contributed by atoms with Crippen LogP contribution in [0.25, 0.3) is 5.57 Å². The Balaban J connectivity index is 1.94. The lowest BCUT2D eigenvalue weighted by molar-refractivity contribution is -0.115. The Labute approximate surface area is 194 Å². The van der Waals surface area contributed by atoms with Gasteiger partial charge in [-0.2, -0.15) is 26.3 Å². The second-order valence-electron chi connectivity index (χ2n) is 7.71. The van der Waals surface area contributed by atoms with E-state index < -0.39 is 51.4 Å². The minimum Gasteiger partial charge on any atom is -0.508 e. The largest absolute Gasteiger partial charge is 0.508 e. The minimum atomic E-state index is -4.62. The maximum absolute atomic E-state index is 14.8. The third-order valence-corrected chi connectivity index (χ3v) is 6.66. The van der Waals surface area contributed by atoms with Crippen LogP contribution in [0.4, 0.5) is 40.8 Å². The first-order chi connectivity index (χ1) is 16.3. The molecule has 0 fully saturated rings. The van der Waals surface area contributed by atoms with Gasteiger partial charge in [0.25, 0.3) is 0 Å². The fourth-order valence-corrected chi connectivity index (χ4v) is 4.60. The Hall–Kier alpha value is -3.41. The van der Waals surface area contributed by atoms with Crippen LogP contribution in [0.5, 0.6) is 17.2 Å². The first-order valence-corrected chi connectivity index (χ1v) is 11.4. The van der Waals surface area contributed by atoms with Gasteiger partial charge in [0, 0.05) is 37.6 Å². The van der Waals surface area contributed by atoms with Crippen molar-refractivity contribution < 1.29 is 45.0 Å². The quantitative estimate of drug-likeness (QED) is 0.271. The molecule has 1 aliphatic rings. The number of fused-ring (bicyclic) bond motifs is 2. The third-order valence-electron chi connectivity index (χ3n) is 5.12. The second kappa shape index (κ2) is 8.99. The number of rotatable bonds is 4. The molecule has 0 aromatic heterocycles. The van der Waals surface area contributed by atoms with Crippen molar-refractivity contribution in [1.82, 2.24) is 0 Å². The number of anilines is 1. The van der Waals surface area contributed by atoms with Gasteiger partial charge in [-0.25, -0.2) is 8.78 Å². The van der Waals surface area contributed by atoms with Gasteiger partial charge in [0.15, 0.2) is 0 Å². The molecule has 3 nitrogen and oxygen atoms in total. The molecule has 0 amide bonds.